The van der Waals surface area contributed by atoms with Gasteiger partial charge in [-0.15, -0.1) is 0 Å². The molecule has 1 amide bonds. The smallest absolute Gasteiger partial charge is 0.258 e. The standard InChI is InChI=1S/C13H11BrN2O/c1-9-4-2-5-10(8-9)16-13(17)11-6-3-7-15-12(11)14/h2-8H,1H3,(H,16,17). The summed E-state index contributed by atoms with van der Waals surface area (Å²) < 4.78 is 0.546. The van der Waals surface area contributed by atoms with Crippen LogP contribution in [0, 0.1) is 6.92 Å². The van der Waals surface area contributed by atoms with E-state index in [9.17, 15) is 4.79 Å². The summed E-state index contributed by atoms with van der Waals surface area (Å²) in [6.07, 6.45) is 1.63. The zero-order valence-electron chi connectivity index (χ0n) is 9.27. The molecule has 1 aromatic carbocycles. The molecule has 0 aliphatic rings. The zero-order chi connectivity index (χ0) is 12.3. The Morgan fingerprint density at radius 2 is 2.12 bits per heavy atom. The molecule has 17 heavy (non-hydrogen) atoms. The van der Waals surface area contributed by atoms with Gasteiger partial charge in [0, 0.05) is 11.9 Å². The van der Waals surface area contributed by atoms with Crippen molar-refractivity contribution in [2.75, 3.05) is 5.32 Å². The van der Waals surface area contributed by atoms with E-state index in [1.165, 1.54) is 0 Å². The molecule has 0 unspecified atom stereocenters. The van der Waals surface area contributed by atoms with E-state index in [1.807, 2.05) is 31.2 Å². The minimum absolute atomic E-state index is 0.171. The first kappa shape index (κ1) is 11.8. The number of aryl methyl sites for hydroxylation is 1. The van der Waals surface area contributed by atoms with E-state index in [2.05, 4.69) is 26.2 Å². The molecule has 0 bridgehead atoms. The van der Waals surface area contributed by atoms with E-state index in [0.29, 0.717) is 10.2 Å². The summed E-state index contributed by atoms with van der Waals surface area (Å²) >= 11 is 3.25. The normalized spacial score (nSPS) is 10.0. The van der Waals surface area contributed by atoms with Crippen LogP contribution in [-0.2, 0) is 0 Å². The van der Waals surface area contributed by atoms with Crippen molar-refractivity contribution in [3.8, 4) is 0 Å². The number of benzene rings is 1. The molecular formula is C13H11BrN2O. The molecule has 0 radical (unpaired) electrons. The molecule has 0 saturated carbocycles. The molecule has 0 aliphatic carbocycles. The van der Waals surface area contributed by atoms with Crippen molar-refractivity contribution in [2.45, 2.75) is 6.92 Å². The molecule has 2 rings (SSSR count). The number of carbonyl (C=O) groups excluding carboxylic acids is 1. The SMILES string of the molecule is Cc1cccc(NC(=O)c2cccnc2Br)c1. The zero-order valence-corrected chi connectivity index (χ0v) is 10.9. The fraction of sp³-hybridized carbons (Fsp3) is 0.0769. The number of amides is 1. The maximum Gasteiger partial charge on any atom is 0.258 e. The minimum Gasteiger partial charge on any atom is -0.322 e. The highest BCUT2D eigenvalue weighted by atomic mass is 79.9. The van der Waals surface area contributed by atoms with Crippen molar-refractivity contribution in [3.63, 3.8) is 0 Å². The molecule has 1 N–H and O–H groups in total. The summed E-state index contributed by atoms with van der Waals surface area (Å²) in [4.78, 5) is 16.0. The number of pyridine rings is 1. The number of nitrogens with zero attached hydrogens (tertiary/aromatic N) is 1. The molecule has 3 nitrogen and oxygen atoms in total. The Hall–Kier alpha value is -1.68. The lowest BCUT2D eigenvalue weighted by Gasteiger charge is -2.06. The van der Waals surface area contributed by atoms with Gasteiger partial charge in [0.05, 0.1) is 5.56 Å². The quantitative estimate of drug-likeness (QED) is 0.862. The third kappa shape index (κ3) is 2.91. The number of rotatable bonds is 2. The van der Waals surface area contributed by atoms with Crippen LogP contribution in [0.5, 0.6) is 0 Å². The van der Waals surface area contributed by atoms with Crippen molar-refractivity contribution in [3.05, 3.63) is 58.3 Å². The van der Waals surface area contributed by atoms with Crippen LogP contribution in [0.25, 0.3) is 0 Å². The lowest BCUT2D eigenvalue weighted by molar-refractivity contribution is 0.102. The second-order valence-electron chi connectivity index (χ2n) is 3.67. The summed E-state index contributed by atoms with van der Waals surface area (Å²) in [7, 11) is 0. The molecule has 4 heteroatoms. The van der Waals surface area contributed by atoms with Crippen molar-refractivity contribution in [2.24, 2.45) is 0 Å². The maximum absolute atomic E-state index is 12.0. The molecule has 0 aliphatic heterocycles. The van der Waals surface area contributed by atoms with Crippen LogP contribution in [0.1, 0.15) is 15.9 Å². The van der Waals surface area contributed by atoms with Crippen LogP contribution in [-0.4, -0.2) is 10.9 Å². The van der Waals surface area contributed by atoms with Crippen LogP contribution < -0.4 is 5.32 Å². The Kier molecular flexibility index (Phi) is 3.54. The van der Waals surface area contributed by atoms with Gasteiger partial charge >= 0.3 is 0 Å². The number of anilines is 1. The average Bonchev–Trinajstić information content (AvgIpc) is 2.29. The van der Waals surface area contributed by atoms with Crippen molar-refractivity contribution >= 4 is 27.5 Å². The maximum atomic E-state index is 12.0. The highest BCUT2D eigenvalue weighted by Gasteiger charge is 2.10. The van der Waals surface area contributed by atoms with E-state index >= 15 is 0 Å². The van der Waals surface area contributed by atoms with Gasteiger partial charge in [-0.3, -0.25) is 4.79 Å². The lowest BCUT2D eigenvalue weighted by Crippen LogP contribution is -2.12. The Morgan fingerprint density at radius 3 is 2.82 bits per heavy atom. The summed E-state index contributed by atoms with van der Waals surface area (Å²) in [6, 6.07) is 11.1. The van der Waals surface area contributed by atoms with Gasteiger partial charge in [0.15, 0.2) is 0 Å². The molecule has 0 atom stereocenters. The third-order valence-corrected chi connectivity index (χ3v) is 2.91. The molecule has 1 aromatic heterocycles. The van der Waals surface area contributed by atoms with Gasteiger partial charge in [-0.05, 0) is 52.7 Å². The van der Waals surface area contributed by atoms with E-state index in [0.717, 1.165) is 11.3 Å². The number of aromatic nitrogens is 1. The van der Waals surface area contributed by atoms with E-state index in [4.69, 9.17) is 0 Å². The summed E-state index contributed by atoms with van der Waals surface area (Å²) in [5.41, 5.74) is 2.41. The first-order chi connectivity index (χ1) is 8.16. The highest BCUT2D eigenvalue weighted by molar-refractivity contribution is 9.10. The predicted molar refractivity (Wildman–Crippen MR) is 71.1 cm³/mol. The van der Waals surface area contributed by atoms with Crippen molar-refractivity contribution in [1.29, 1.82) is 0 Å². The first-order valence-corrected chi connectivity index (χ1v) is 5.94. The van der Waals surface area contributed by atoms with Crippen LogP contribution >= 0.6 is 15.9 Å². The van der Waals surface area contributed by atoms with Crippen LogP contribution in [0.3, 0.4) is 0 Å². The second-order valence-corrected chi connectivity index (χ2v) is 4.42. The molecule has 0 spiro atoms. The highest BCUT2D eigenvalue weighted by Crippen LogP contribution is 2.16. The number of hydrogen-bond acceptors (Lipinski definition) is 2. The van der Waals surface area contributed by atoms with Crippen LogP contribution in [0.2, 0.25) is 0 Å². The number of hydrogen-bond donors (Lipinski definition) is 1. The Balaban J connectivity index is 2.20. The lowest BCUT2D eigenvalue weighted by atomic mass is 10.2. The minimum atomic E-state index is -0.171. The van der Waals surface area contributed by atoms with Crippen LogP contribution in [0.4, 0.5) is 5.69 Å². The fourth-order valence-corrected chi connectivity index (χ4v) is 1.91. The Bertz CT molecular complexity index is 555. The predicted octanol–water partition coefficient (Wildman–Crippen LogP) is 3.40. The molecular weight excluding hydrogens is 280 g/mol. The number of nitrogens with one attached hydrogen (secondary N) is 1. The molecule has 0 saturated heterocycles. The summed E-state index contributed by atoms with van der Waals surface area (Å²) in [5, 5.41) is 2.83. The van der Waals surface area contributed by atoms with Gasteiger partial charge in [0.25, 0.3) is 5.91 Å². The molecule has 1 heterocycles. The largest absolute Gasteiger partial charge is 0.322 e. The average molecular weight is 291 g/mol. The topological polar surface area (TPSA) is 42.0 Å². The molecule has 2 aromatic rings. The van der Waals surface area contributed by atoms with E-state index in [-0.39, 0.29) is 5.91 Å². The molecule has 86 valence electrons. The Labute approximate surface area is 108 Å². The van der Waals surface area contributed by atoms with Gasteiger partial charge < -0.3 is 5.32 Å². The first-order valence-electron chi connectivity index (χ1n) is 5.15. The fourth-order valence-electron chi connectivity index (χ4n) is 1.48. The van der Waals surface area contributed by atoms with Gasteiger partial charge in [0.1, 0.15) is 4.60 Å². The Morgan fingerprint density at radius 1 is 1.29 bits per heavy atom. The van der Waals surface area contributed by atoms with E-state index in [1.54, 1.807) is 18.3 Å². The number of halogens is 1. The van der Waals surface area contributed by atoms with Gasteiger partial charge in [0.2, 0.25) is 0 Å². The van der Waals surface area contributed by atoms with E-state index < -0.39 is 0 Å². The summed E-state index contributed by atoms with van der Waals surface area (Å²) in [5.74, 6) is -0.171. The van der Waals surface area contributed by atoms with Crippen molar-refractivity contribution < 1.29 is 4.79 Å². The van der Waals surface area contributed by atoms with Gasteiger partial charge in [-0.25, -0.2) is 4.98 Å². The summed E-state index contributed by atoms with van der Waals surface area (Å²) in [6.45, 7) is 1.98. The molecule has 0 fully saturated rings. The van der Waals surface area contributed by atoms with Crippen molar-refractivity contribution in [1.82, 2.24) is 4.98 Å². The van der Waals surface area contributed by atoms with Crippen LogP contribution in [0.15, 0.2) is 47.2 Å². The van der Waals surface area contributed by atoms with Gasteiger partial charge in [-0.2, -0.15) is 0 Å². The monoisotopic (exact) mass is 290 g/mol. The third-order valence-electron chi connectivity index (χ3n) is 2.28. The number of carbonyl (C=O) groups is 1. The van der Waals surface area contributed by atoms with Gasteiger partial charge in [-0.1, -0.05) is 12.1 Å². The second kappa shape index (κ2) is 5.10.